The van der Waals surface area contributed by atoms with E-state index in [2.05, 4.69) is 18.4 Å². The fraction of sp³-hybridized carbons (Fsp3) is 0.188. The van der Waals surface area contributed by atoms with E-state index in [0.29, 0.717) is 15.7 Å². The van der Waals surface area contributed by atoms with Gasteiger partial charge in [-0.25, -0.2) is 4.98 Å². The molecule has 0 saturated heterocycles. The summed E-state index contributed by atoms with van der Waals surface area (Å²) in [6.07, 6.45) is 0. The van der Waals surface area contributed by atoms with Gasteiger partial charge in [-0.2, -0.15) is 0 Å². The molecule has 0 bridgehead atoms. The largest absolute Gasteiger partial charge is 0.399 e. The van der Waals surface area contributed by atoms with Gasteiger partial charge in [-0.3, -0.25) is 0 Å². The van der Waals surface area contributed by atoms with Crippen LogP contribution in [0.2, 0.25) is 10.0 Å². The van der Waals surface area contributed by atoms with Crippen LogP contribution < -0.4 is 5.73 Å². The summed E-state index contributed by atoms with van der Waals surface area (Å²) in [5, 5.41) is 1.27. The number of para-hydroxylation sites is 1. The van der Waals surface area contributed by atoms with Crippen molar-refractivity contribution in [1.82, 2.24) is 9.55 Å². The maximum Gasteiger partial charge on any atom is 0.142 e. The molecule has 1 heterocycles. The Bertz CT molecular complexity index is 822. The minimum atomic E-state index is 0.207. The number of nitrogens with two attached hydrogens (primary N) is 1. The first-order chi connectivity index (χ1) is 9.99. The first-order valence-corrected chi connectivity index (χ1v) is 7.46. The lowest BCUT2D eigenvalue weighted by Crippen LogP contribution is -2.04. The molecule has 3 rings (SSSR count). The Hall–Kier alpha value is -1.71. The Labute approximate surface area is 133 Å². The van der Waals surface area contributed by atoms with E-state index >= 15 is 0 Å². The van der Waals surface area contributed by atoms with E-state index in [0.717, 1.165) is 22.4 Å². The van der Waals surface area contributed by atoms with E-state index in [-0.39, 0.29) is 6.04 Å². The summed E-state index contributed by atoms with van der Waals surface area (Å²) in [6, 6.07) is 11.4. The van der Waals surface area contributed by atoms with Gasteiger partial charge in [0.15, 0.2) is 0 Å². The molecule has 0 aliphatic carbocycles. The molecule has 2 N–H and O–H groups in total. The third-order valence-electron chi connectivity index (χ3n) is 3.41. The van der Waals surface area contributed by atoms with Crippen molar-refractivity contribution in [3.8, 4) is 11.4 Å². The average molecular weight is 320 g/mol. The second kappa shape index (κ2) is 5.24. The van der Waals surface area contributed by atoms with Crippen LogP contribution in [-0.4, -0.2) is 9.55 Å². The van der Waals surface area contributed by atoms with Crippen LogP contribution in [-0.2, 0) is 0 Å². The van der Waals surface area contributed by atoms with Gasteiger partial charge in [0.25, 0.3) is 0 Å². The Kier molecular flexibility index (Phi) is 3.56. The van der Waals surface area contributed by atoms with Crippen LogP contribution in [0.1, 0.15) is 19.9 Å². The number of benzene rings is 2. The zero-order valence-electron chi connectivity index (χ0n) is 11.8. The normalized spacial score (nSPS) is 11.5. The second-order valence-corrected chi connectivity index (χ2v) is 6.06. The third kappa shape index (κ3) is 2.37. The zero-order valence-corrected chi connectivity index (χ0v) is 13.3. The van der Waals surface area contributed by atoms with Crippen molar-refractivity contribution < 1.29 is 0 Å². The molecule has 0 radical (unpaired) electrons. The van der Waals surface area contributed by atoms with E-state index < -0.39 is 0 Å². The van der Waals surface area contributed by atoms with Crippen molar-refractivity contribution in [3.05, 3.63) is 46.4 Å². The lowest BCUT2D eigenvalue weighted by Gasteiger charge is -2.14. The summed E-state index contributed by atoms with van der Waals surface area (Å²) < 4.78 is 2.11. The lowest BCUT2D eigenvalue weighted by atomic mass is 10.2. The van der Waals surface area contributed by atoms with Gasteiger partial charge in [0, 0.05) is 17.3 Å². The van der Waals surface area contributed by atoms with Crippen molar-refractivity contribution in [3.63, 3.8) is 0 Å². The van der Waals surface area contributed by atoms with Gasteiger partial charge in [-0.15, -0.1) is 0 Å². The number of imidazole rings is 1. The molecular formula is C16H15Cl2N3. The molecule has 0 amide bonds. The Morgan fingerprint density at radius 3 is 2.52 bits per heavy atom. The van der Waals surface area contributed by atoms with Crippen LogP contribution >= 0.6 is 23.2 Å². The van der Waals surface area contributed by atoms with Gasteiger partial charge < -0.3 is 10.3 Å². The smallest absolute Gasteiger partial charge is 0.142 e. The van der Waals surface area contributed by atoms with Gasteiger partial charge >= 0.3 is 0 Å². The predicted octanol–water partition coefficient (Wildman–Crippen LogP) is 5.17. The highest BCUT2D eigenvalue weighted by atomic mass is 35.5. The minimum Gasteiger partial charge on any atom is -0.399 e. The number of hydrogen-bond donors (Lipinski definition) is 1. The van der Waals surface area contributed by atoms with Crippen LogP contribution in [0.3, 0.4) is 0 Å². The second-order valence-electron chi connectivity index (χ2n) is 5.25. The molecule has 5 heteroatoms. The Morgan fingerprint density at radius 2 is 1.86 bits per heavy atom. The summed E-state index contributed by atoms with van der Waals surface area (Å²) in [4.78, 5) is 4.71. The fourth-order valence-corrected chi connectivity index (χ4v) is 3.05. The Balaban J connectivity index is 2.37. The molecule has 0 aliphatic rings. The van der Waals surface area contributed by atoms with Crippen molar-refractivity contribution in [1.29, 1.82) is 0 Å². The fourth-order valence-electron chi connectivity index (χ4n) is 2.51. The van der Waals surface area contributed by atoms with Crippen LogP contribution in [0, 0.1) is 0 Å². The first kappa shape index (κ1) is 14.2. The zero-order chi connectivity index (χ0) is 15.1. The molecule has 108 valence electrons. The SMILES string of the molecule is CC(C)n1c(-c2ccc(N)cc2Cl)nc2cccc(Cl)c21. The van der Waals surface area contributed by atoms with E-state index in [1.54, 1.807) is 6.07 Å². The van der Waals surface area contributed by atoms with Crippen molar-refractivity contribution in [2.45, 2.75) is 19.9 Å². The standard InChI is InChI=1S/C16H15Cl2N3/c1-9(2)21-15-12(17)4-3-5-14(15)20-16(21)11-7-6-10(19)8-13(11)18/h3-9H,19H2,1-2H3. The summed E-state index contributed by atoms with van der Waals surface area (Å²) >= 11 is 12.7. The molecule has 0 spiro atoms. The van der Waals surface area contributed by atoms with E-state index in [1.165, 1.54) is 0 Å². The molecule has 21 heavy (non-hydrogen) atoms. The van der Waals surface area contributed by atoms with Crippen molar-refractivity contribution >= 4 is 39.9 Å². The average Bonchev–Trinajstić information content (AvgIpc) is 2.79. The molecule has 1 aromatic heterocycles. The van der Waals surface area contributed by atoms with Crippen LogP contribution in [0.4, 0.5) is 5.69 Å². The molecule has 0 atom stereocenters. The van der Waals surface area contributed by atoms with Crippen molar-refractivity contribution in [2.75, 3.05) is 5.73 Å². The molecule has 3 nitrogen and oxygen atoms in total. The van der Waals surface area contributed by atoms with E-state index in [4.69, 9.17) is 33.9 Å². The highest BCUT2D eigenvalue weighted by molar-refractivity contribution is 6.35. The van der Waals surface area contributed by atoms with Gasteiger partial charge in [0.1, 0.15) is 5.82 Å². The molecule has 2 aromatic carbocycles. The predicted molar refractivity (Wildman–Crippen MR) is 90.0 cm³/mol. The third-order valence-corrected chi connectivity index (χ3v) is 4.03. The summed E-state index contributed by atoms with van der Waals surface area (Å²) in [5.74, 6) is 0.804. The summed E-state index contributed by atoms with van der Waals surface area (Å²) in [6.45, 7) is 4.19. The number of aromatic nitrogens is 2. The van der Waals surface area contributed by atoms with Gasteiger partial charge in [-0.05, 0) is 44.2 Å². The van der Waals surface area contributed by atoms with Gasteiger partial charge in [0.05, 0.1) is 21.1 Å². The molecule has 0 saturated carbocycles. The molecule has 0 unspecified atom stereocenters. The minimum absolute atomic E-state index is 0.207. The number of nitrogens with zero attached hydrogens (tertiary/aromatic N) is 2. The number of rotatable bonds is 2. The summed E-state index contributed by atoms with van der Waals surface area (Å²) in [7, 11) is 0. The first-order valence-electron chi connectivity index (χ1n) is 6.71. The van der Waals surface area contributed by atoms with Crippen LogP contribution in [0.15, 0.2) is 36.4 Å². The number of anilines is 1. The quantitative estimate of drug-likeness (QED) is 0.662. The number of fused-ring (bicyclic) bond motifs is 1. The molecule has 0 aliphatic heterocycles. The number of hydrogen-bond acceptors (Lipinski definition) is 2. The van der Waals surface area contributed by atoms with E-state index in [9.17, 15) is 0 Å². The highest BCUT2D eigenvalue weighted by Crippen LogP contribution is 2.35. The van der Waals surface area contributed by atoms with Gasteiger partial charge in [0.2, 0.25) is 0 Å². The lowest BCUT2D eigenvalue weighted by molar-refractivity contribution is 0.624. The number of halogens is 2. The van der Waals surface area contributed by atoms with Crippen LogP contribution in [0.25, 0.3) is 22.4 Å². The number of nitrogen functional groups attached to an aromatic ring is 1. The van der Waals surface area contributed by atoms with Crippen LogP contribution in [0.5, 0.6) is 0 Å². The molecule has 3 aromatic rings. The molecule has 0 fully saturated rings. The Morgan fingerprint density at radius 1 is 1.10 bits per heavy atom. The highest BCUT2D eigenvalue weighted by Gasteiger charge is 2.18. The van der Waals surface area contributed by atoms with Crippen molar-refractivity contribution in [2.24, 2.45) is 0 Å². The van der Waals surface area contributed by atoms with Gasteiger partial charge in [-0.1, -0.05) is 29.3 Å². The topological polar surface area (TPSA) is 43.8 Å². The monoisotopic (exact) mass is 319 g/mol. The summed E-state index contributed by atoms with van der Waals surface area (Å²) in [5.41, 5.74) is 9.04. The maximum absolute atomic E-state index is 6.36. The molecular weight excluding hydrogens is 305 g/mol. The van der Waals surface area contributed by atoms with E-state index in [1.807, 2.05) is 30.3 Å². The maximum atomic E-state index is 6.36.